The molecule has 0 bridgehead atoms. The highest BCUT2D eigenvalue weighted by atomic mass is 35.5. The number of aliphatic hydroxyl groups excluding tert-OH is 1. The van der Waals surface area contributed by atoms with Crippen LogP contribution in [0.1, 0.15) is 11.1 Å². The van der Waals surface area contributed by atoms with Crippen LogP contribution in [0.5, 0.6) is 0 Å². The average Bonchev–Trinajstić information content (AvgIpc) is 2.65. The monoisotopic (exact) mass is 244 g/mol. The lowest BCUT2D eigenvalue weighted by Gasteiger charge is -2.08. The minimum Gasteiger partial charge on any atom is -0.392 e. The third kappa shape index (κ3) is 1.54. The van der Waals surface area contributed by atoms with Crippen molar-refractivity contribution in [2.24, 2.45) is 0 Å². The third-order valence-corrected chi connectivity index (χ3v) is 4.08. The fourth-order valence-electron chi connectivity index (χ4n) is 1.48. The van der Waals surface area contributed by atoms with Gasteiger partial charge in [0.05, 0.1) is 6.61 Å². The maximum Gasteiger partial charge on any atom is 0.0685 e. The number of fused-ring (bicyclic) bond motifs is 1. The Balaban J connectivity index is 2.79. The first kappa shape index (κ1) is 10.3. The fraction of sp³-hybridized carbons (Fsp3) is 0.200. The van der Waals surface area contributed by atoms with E-state index in [-0.39, 0.29) is 6.61 Å². The van der Waals surface area contributed by atoms with Crippen molar-refractivity contribution in [3.8, 4) is 0 Å². The van der Waals surface area contributed by atoms with Crippen molar-refractivity contribution < 1.29 is 5.11 Å². The predicted molar refractivity (Wildman–Crippen MR) is 64.6 cm³/mol. The van der Waals surface area contributed by atoms with Crippen LogP contribution in [0.25, 0.3) is 10.1 Å². The number of aliphatic hydroxyl groups is 1. The van der Waals surface area contributed by atoms with E-state index in [2.05, 4.69) is 12.6 Å². The number of thiophene rings is 1. The van der Waals surface area contributed by atoms with Crippen molar-refractivity contribution in [3.05, 3.63) is 28.6 Å². The maximum absolute atomic E-state index is 9.18. The van der Waals surface area contributed by atoms with Crippen LogP contribution in [-0.2, 0) is 12.5 Å². The van der Waals surface area contributed by atoms with E-state index >= 15 is 0 Å². The van der Waals surface area contributed by atoms with E-state index < -0.39 is 0 Å². The van der Waals surface area contributed by atoms with E-state index in [0.29, 0.717) is 5.88 Å². The van der Waals surface area contributed by atoms with Crippen LogP contribution < -0.4 is 0 Å². The summed E-state index contributed by atoms with van der Waals surface area (Å²) in [6, 6.07) is 4.00. The van der Waals surface area contributed by atoms with Gasteiger partial charge in [-0.1, -0.05) is 0 Å². The van der Waals surface area contributed by atoms with E-state index in [0.717, 1.165) is 26.1 Å². The lowest BCUT2D eigenvalue weighted by atomic mass is 10.1. The number of hydrogen-bond acceptors (Lipinski definition) is 3. The highest BCUT2D eigenvalue weighted by Gasteiger charge is 2.10. The first-order chi connectivity index (χ1) is 6.77. The molecule has 0 atom stereocenters. The van der Waals surface area contributed by atoms with Crippen LogP contribution in [0.4, 0.5) is 0 Å². The van der Waals surface area contributed by atoms with Crippen LogP contribution in [0.2, 0.25) is 0 Å². The quantitative estimate of drug-likeness (QED) is 0.613. The summed E-state index contributed by atoms with van der Waals surface area (Å²) >= 11 is 11.9. The first-order valence-electron chi connectivity index (χ1n) is 4.15. The molecule has 1 aromatic heterocycles. The topological polar surface area (TPSA) is 20.2 Å². The summed E-state index contributed by atoms with van der Waals surface area (Å²) in [5, 5.41) is 12.3. The summed E-state index contributed by atoms with van der Waals surface area (Å²) in [5.74, 6) is 0.391. The normalized spacial score (nSPS) is 11.1. The van der Waals surface area contributed by atoms with Gasteiger partial charge in [0.25, 0.3) is 0 Å². The van der Waals surface area contributed by atoms with Crippen LogP contribution in [0.3, 0.4) is 0 Å². The molecule has 0 spiro atoms. The summed E-state index contributed by atoms with van der Waals surface area (Å²) in [6.07, 6.45) is 0. The van der Waals surface area contributed by atoms with Crippen LogP contribution in [0, 0.1) is 0 Å². The molecule has 1 heterocycles. The molecular weight excluding hydrogens is 236 g/mol. The Morgan fingerprint density at radius 1 is 1.50 bits per heavy atom. The van der Waals surface area contributed by atoms with Gasteiger partial charge in [0.15, 0.2) is 0 Å². The van der Waals surface area contributed by atoms with Gasteiger partial charge in [-0.05, 0) is 34.0 Å². The number of benzene rings is 1. The minimum absolute atomic E-state index is 0.0153. The molecule has 1 aromatic carbocycles. The summed E-state index contributed by atoms with van der Waals surface area (Å²) in [4.78, 5) is 0.900. The van der Waals surface area contributed by atoms with Gasteiger partial charge < -0.3 is 5.11 Å². The van der Waals surface area contributed by atoms with Gasteiger partial charge in [0, 0.05) is 15.5 Å². The average molecular weight is 245 g/mol. The van der Waals surface area contributed by atoms with Gasteiger partial charge in [-0.3, -0.25) is 0 Å². The molecule has 0 aliphatic carbocycles. The van der Waals surface area contributed by atoms with Gasteiger partial charge in [-0.15, -0.1) is 35.6 Å². The second-order valence-electron chi connectivity index (χ2n) is 2.99. The fourth-order valence-corrected chi connectivity index (χ4v) is 3.24. The van der Waals surface area contributed by atoms with Crippen LogP contribution >= 0.6 is 35.6 Å². The smallest absolute Gasteiger partial charge is 0.0685 e. The third-order valence-electron chi connectivity index (χ3n) is 2.22. The van der Waals surface area contributed by atoms with Gasteiger partial charge in [0.2, 0.25) is 0 Å². The van der Waals surface area contributed by atoms with Crippen LogP contribution in [0.15, 0.2) is 22.4 Å². The molecule has 74 valence electrons. The van der Waals surface area contributed by atoms with E-state index in [1.807, 2.05) is 17.5 Å². The SMILES string of the molecule is OCc1cc2ccsc2c(S)c1CCl. The lowest BCUT2D eigenvalue weighted by Crippen LogP contribution is -1.93. The van der Waals surface area contributed by atoms with Crippen molar-refractivity contribution >= 4 is 45.7 Å². The first-order valence-corrected chi connectivity index (χ1v) is 6.01. The molecular formula is C10H9ClOS2. The molecule has 4 heteroatoms. The van der Waals surface area contributed by atoms with E-state index in [4.69, 9.17) is 11.6 Å². The predicted octanol–water partition coefficient (Wildman–Crippen LogP) is 3.42. The number of rotatable bonds is 2. The highest BCUT2D eigenvalue weighted by molar-refractivity contribution is 7.80. The molecule has 2 rings (SSSR count). The summed E-state index contributed by atoms with van der Waals surface area (Å²) < 4.78 is 1.14. The second kappa shape index (κ2) is 4.11. The largest absolute Gasteiger partial charge is 0.392 e. The number of alkyl halides is 1. The number of halogens is 1. The molecule has 1 N–H and O–H groups in total. The Morgan fingerprint density at radius 3 is 2.93 bits per heavy atom. The molecule has 0 aliphatic rings. The molecule has 0 unspecified atom stereocenters. The number of hydrogen-bond donors (Lipinski definition) is 2. The Labute approximate surface area is 96.7 Å². The maximum atomic E-state index is 9.18. The highest BCUT2D eigenvalue weighted by Crippen LogP contribution is 2.33. The zero-order chi connectivity index (χ0) is 10.1. The Bertz CT molecular complexity index is 464. The Morgan fingerprint density at radius 2 is 2.29 bits per heavy atom. The van der Waals surface area contributed by atoms with Crippen molar-refractivity contribution in [1.82, 2.24) is 0 Å². The molecule has 2 aromatic rings. The van der Waals surface area contributed by atoms with E-state index in [1.54, 1.807) is 11.3 Å². The van der Waals surface area contributed by atoms with Crippen molar-refractivity contribution in [1.29, 1.82) is 0 Å². The zero-order valence-corrected chi connectivity index (χ0v) is 9.79. The van der Waals surface area contributed by atoms with Gasteiger partial charge in [-0.25, -0.2) is 0 Å². The van der Waals surface area contributed by atoms with Crippen molar-refractivity contribution in [2.75, 3.05) is 0 Å². The summed E-state index contributed by atoms with van der Waals surface area (Å²) in [5.41, 5.74) is 1.81. The zero-order valence-electron chi connectivity index (χ0n) is 7.33. The van der Waals surface area contributed by atoms with Gasteiger partial charge in [-0.2, -0.15) is 0 Å². The van der Waals surface area contributed by atoms with E-state index in [9.17, 15) is 5.11 Å². The molecule has 0 aliphatic heterocycles. The minimum atomic E-state index is 0.0153. The molecule has 0 saturated heterocycles. The van der Waals surface area contributed by atoms with Gasteiger partial charge in [0.1, 0.15) is 0 Å². The molecule has 14 heavy (non-hydrogen) atoms. The van der Waals surface area contributed by atoms with Crippen molar-refractivity contribution in [2.45, 2.75) is 17.4 Å². The van der Waals surface area contributed by atoms with Crippen LogP contribution in [-0.4, -0.2) is 5.11 Å². The lowest BCUT2D eigenvalue weighted by molar-refractivity contribution is 0.281. The Hall–Kier alpha value is -0.220. The number of thiol groups is 1. The van der Waals surface area contributed by atoms with Crippen molar-refractivity contribution in [3.63, 3.8) is 0 Å². The molecule has 0 amide bonds. The Kier molecular flexibility index (Phi) is 3.02. The van der Waals surface area contributed by atoms with E-state index in [1.165, 1.54) is 0 Å². The molecule has 0 radical (unpaired) electrons. The second-order valence-corrected chi connectivity index (χ2v) is 4.62. The molecule has 0 fully saturated rings. The summed E-state index contributed by atoms with van der Waals surface area (Å²) in [6.45, 7) is 0.0153. The standard InChI is InChI=1S/C10H9ClOS2/c11-4-8-7(5-12)3-6-1-2-14-10(6)9(8)13/h1-3,12-13H,4-5H2. The van der Waals surface area contributed by atoms with Gasteiger partial charge >= 0.3 is 0 Å². The summed E-state index contributed by atoms with van der Waals surface area (Å²) in [7, 11) is 0. The molecule has 1 nitrogen and oxygen atoms in total. The molecule has 0 saturated carbocycles.